The first-order chi connectivity index (χ1) is 13.2. The van der Waals surface area contributed by atoms with Crippen molar-refractivity contribution in [2.24, 2.45) is 0 Å². The van der Waals surface area contributed by atoms with E-state index in [4.69, 9.17) is 0 Å². The van der Waals surface area contributed by atoms with Crippen molar-refractivity contribution in [2.75, 3.05) is 5.32 Å². The minimum Gasteiger partial charge on any atom is -0.332 e. The average Bonchev–Trinajstić information content (AvgIpc) is 3.52. The Bertz CT molecular complexity index is 903. The second-order valence-corrected chi connectivity index (χ2v) is 7.98. The largest absolute Gasteiger partial charge is 0.332 e. The molecule has 2 amide bonds. The molecule has 2 unspecified atom stereocenters. The van der Waals surface area contributed by atoms with Crippen molar-refractivity contribution < 1.29 is 9.59 Å². The molecule has 4 heteroatoms. The van der Waals surface area contributed by atoms with E-state index in [1.807, 2.05) is 24.3 Å². The van der Waals surface area contributed by atoms with E-state index in [0.717, 1.165) is 43.4 Å². The summed E-state index contributed by atoms with van der Waals surface area (Å²) in [6.07, 6.45) is 5.61. The zero-order chi connectivity index (χ0) is 18.4. The predicted octanol–water partition coefficient (Wildman–Crippen LogP) is 4.18. The molecule has 1 heterocycles. The Balaban J connectivity index is 1.52. The maximum atomic E-state index is 13.7. The van der Waals surface area contributed by atoms with Gasteiger partial charge in [0.1, 0.15) is 0 Å². The fourth-order valence-corrected chi connectivity index (χ4v) is 4.77. The lowest BCUT2D eigenvalue weighted by atomic mass is 9.84. The van der Waals surface area contributed by atoms with Gasteiger partial charge in [0.05, 0.1) is 12.0 Å². The van der Waals surface area contributed by atoms with Crippen molar-refractivity contribution >= 4 is 17.5 Å². The number of nitrogens with one attached hydrogen (secondary N) is 1. The van der Waals surface area contributed by atoms with Gasteiger partial charge >= 0.3 is 0 Å². The molecule has 1 N–H and O–H groups in total. The van der Waals surface area contributed by atoms with Crippen LogP contribution in [0.2, 0.25) is 0 Å². The number of carbonyl (C=O) groups excluding carboxylic acids is 2. The maximum absolute atomic E-state index is 13.7. The van der Waals surface area contributed by atoms with Crippen LogP contribution in [0.3, 0.4) is 0 Å². The Kier molecular flexibility index (Phi) is 4.00. The quantitative estimate of drug-likeness (QED) is 0.893. The number of hydrogen-bond donors (Lipinski definition) is 1. The molecule has 0 radical (unpaired) electrons. The van der Waals surface area contributed by atoms with E-state index >= 15 is 0 Å². The number of hydrogen-bond acceptors (Lipinski definition) is 2. The molecule has 4 nitrogen and oxygen atoms in total. The van der Waals surface area contributed by atoms with Crippen LogP contribution < -0.4 is 5.32 Å². The highest BCUT2D eigenvalue weighted by atomic mass is 16.2. The highest BCUT2D eigenvalue weighted by molar-refractivity contribution is 6.01. The van der Waals surface area contributed by atoms with Gasteiger partial charge in [0.15, 0.2) is 0 Å². The lowest BCUT2D eigenvalue weighted by Gasteiger charge is -2.39. The van der Waals surface area contributed by atoms with E-state index in [1.54, 1.807) is 0 Å². The summed E-state index contributed by atoms with van der Waals surface area (Å²) in [5, 5.41) is 2.91. The van der Waals surface area contributed by atoms with Gasteiger partial charge in [-0.25, -0.2) is 0 Å². The molecule has 2 atom stereocenters. The molecule has 0 aromatic heterocycles. The molecule has 1 saturated carbocycles. The van der Waals surface area contributed by atoms with Crippen molar-refractivity contribution in [3.8, 4) is 0 Å². The minimum atomic E-state index is -0.371. The highest BCUT2D eigenvalue weighted by Crippen LogP contribution is 2.44. The first-order valence-corrected chi connectivity index (χ1v) is 10.0. The Morgan fingerprint density at radius 1 is 0.963 bits per heavy atom. The van der Waals surface area contributed by atoms with E-state index in [9.17, 15) is 9.59 Å². The lowest BCUT2D eigenvalue weighted by Crippen LogP contribution is -2.43. The fraction of sp³-hybridized carbons (Fsp3) is 0.391. The minimum absolute atomic E-state index is 0.0631. The Morgan fingerprint density at radius 2 is 1.70 bits per heavy atom. The normalized spacial score (nSPS) is 23.8. The Hall–Kier alpha value is -2.62. The summed E-state index contributed by atoms with van der Waals surface area (Å²) in [6.45, 7) is 0. The first-order valence-electron chi connectivity index (χ1n) is 10.0. The molecule has 3 aliphatic rings. The molecule has 0 bridgehead atoms. The zero-order valence-corrected chi connectivity index (χ0v) is 15.4. The van der Waals surface area contributed by atoms with Crippen molar-refractivity contribution in [1.82, 2.24) is 4.90 Å². The van der Waals surface area contributed by atoms with Crippen LogP contribution in [-0.4, -0.2) is 22.8 Å². The number of amides is 2. The Labute approximate surface area is 159 Å². The number of para-hydroxylation sites is 1. The van der Waals surface area contributed by atoms with E-state index in [-0.39, 0.29) is 30.2 Å². The van der Waals surface area contributed by atoms with Gasteiger partial charge in [-0.3, -0.25) is 9.59 Å². The molecular weight excluding hydrogens is 336 g/mol. The van der Waals surface area contributed by atoms with Crippen molar-refractivity contribution in [3.63, 3.8) is 0 Å². The number of anilines is 1. The van der Waals surface area contributed by atoms with Gasteiger partial charge in [-0.2, -0.15) is 0 Å². The molecule has 1 fully saturated rings. The lowest BCUT2D eigenvalue weighted by molar-refractivity contribution is -0.138. The number of aryl methyl sites for hydroxylation is 1. The van der Waals surface area contributed by atoms with Crippen molar-refractivity contribution in [1.29, 1.82) is 0 Å². The molecule has 2 aromatic carbocycles. The molecule has 5 rings (SSSR count). The van der Waals surface area contributed by atoms with E-state index in [1.165, 1.54) is 11.1 Å². The number of fused-ring (bicyclic) bond motifs is 2. The molecule has 1 aliphatic heterocycles. The summed E-state index contributed by atoms with van der Waals surface area (Å²) in [6, 6.07) is 16.8. The third-order valence-electron chi connectivity index (χ3n) is 6.17. The van der Waals surface area contributed by atoms with Gasteiger partial charge in [-0.05, 0) is 54.9 Å². The summed E-state index contributed by atoms with van der Waals surface area (Å²) in [5.41, 5.74) is 4.41. The smallest absolute Gasteiger partial charge is 0.231 e. The van der Waals surface area contributed by atoms with Gasteiger partial charge in [0, 0.05) is 18.2 Å². The molecular formula is C23H24N2O2. The van der Waals surface area contributed by atoms with Gasteiger partial charge in [-0.15, -0.1) is 0 Å². The van der Waals surface area contributed by atoms with E-state index in [0.29, 0.717) is 6.04 Å². The van der Waals surface area contributed by atoms with Crippen LogP contribution in [0.5, 0.6) is 0 Å². The van der Waals surface area contributed by atoms with Gasteiger partial charge in [0.2, 0.25) is 11.8 Å². The zero-order valence-electron chi connectivity index (χ0n) is 15.4. The maximum Gasteiger partial charge on any atom is 0.231 e. The monoisotopic (exact) mass is 360 g/mol. The third kappa shape index (κ3) is 2.93. The molecule has 0 saturated heterocycles. The van der Waals surface area contributed by atoms with Crippen LogP contribution in [0.4, 0.5) is 5.69 Å². The molecule has 2 aromatic rings. The number of benzene rings is 2. The molecule has 27 heavy (non-hydrogen) atoms. The summed E-state index contributed by atoms with van der Waals surface area (Å²) in [4.78, 5) is 28.1. The summed E-state index contributed by atoms with van der Waals surface area (Å²) < 4.78 is 0. The third-order valence-corrected chi connectivity index (χ3v) is 6.17. The average molecular weight is 360 g/mol. The van der Waals surface area contributed by atoms with Crippen LogP contribution in [0.15, 0.2) is 48.5 Å². The van der Waals surface area contributed by atoms with Gasteiger partial charge in [-0.1, -0.05) is 42.5 Å². The van der Waals surface area contributed by atoms with E-state index < -0.39 is 0 Å². The topological polar surface area (TPSA) is 49.4 Å². The van der Waals surface area contributed by atoms with Crippen LogP contribution in [0, 0.1) is 0 Å². The highest BCUT2D eigenvalue weighted by Gasteiger charge is 2.43. The van der Waals surface area contributed by atoms with E-state index in [2.05, 4.69) is 34.5 Å². The van der Waals surface area contributed by atoms with Gasteiger partial charge in [0.25, 0.3) is 0 Å². The van der Waals surface area contributed by atoms with Gasteiger partial charge < -0.3 is 10.2 Å². The van der Waals surface area contributed by atoms with Crippen LogP contribution in [-0.2, 0) is 16.0 Å². The Morgan fingerprint density at radius 3 is 2.52 bits per heavy atom. The summed E-state index contributed by atoms with van der Waals surface area (Å²) >= 11 is 0. The van der Waals surface area contributed by atoms with Crippen molar-refractivity contribution in [2.45, 2.75) is 56.5 Å². The summed E-state index contributed by atoms with van der Waals surface area (Å²) in [7, 11) is 0. The van der Waals surface area contributed by atoms with Crippen LogP contribution >= 0.6 is 0 Å². The second kappa shape index (κ2) is 6.52. The van der Waals surface area contributed by atoms with Crippen LogP contribution in [0.1, 0.15) is 60.8 Å². The SMILES string of the molecule is O=C1CC(C(=O)N(C2CC2)C2CCCc3ccccc32)c2ccccc2N1. The number of carbonyl (C=O) groups is 2. The second-order valence-electron chi connectivity index (χ2n) is 7.98. The number of nitrogens with zero attached hydrogens (tertiary/aromatic N) is 1. The fourth-order valence-electron chi connectivity index (χ4n) is 4.77. The predicted molar refractivity (Wildman–Crippen MR) is 104 cm³/mol. The summed E-state index contributed by atoms with van der Waals surface area (Å²) in [5.74, 6) is -0.307. The molecule has 138 valence electrons. The van der Waals surface area contributed by atoms with Crippen LogP contribution in [0.25, 0.3) is 0 Å². The number of rotatable bonds is 3. The standard InChI is InChI=1S/C23H24N2O2/c26-22-14-19(18-9-3-4-10-20(18)24-22)23(27)25(16-12-13-16)21-11-5-7-15-6-1-2-8-17(15)21/h1-4,6,8-10,16,19,21H,5,7,11-14H2,(H,24,26). The van der Waals surface area contributed by atoms with Crippen molar-refractivity contribution in [3.05, 3.63) is 65.2 Å². The first kappa shape index (κ1) is 16.5. The molecule has 0 spiro atoms. The molecule has 2 aliphatic carbocycles.